The molecule has 6 heteroatoms. The number of unbranched alkanes of at least 4 members (excludes halogenated alkanes) is 7. The first-order valence-corrected chi connectivity index (χ1v) is 12.2. The number of ether oxygens (including phenoxy) is 2. The fourth-order valence-electron chi connectivity index (χ4n) is 3.35. The monoisotopic (exact) mass is 461 g/mol. The molecule has 1 aromatic carbocycles. The highest BCUT2D eigenvalue weighted by molar-refractivity contribution is 6.32. The van der Waals surface area contributed by atoms with Gasteiger partial charge in [0.05, 0.1) is 11.6 Å². The van der Waals surface area contributed by atoms with Gasteiger partial charge in [0.1, 0.15) is 18.5 Å². The largest absolute Gasteiger partial charge is 0.492 e. The second-order valence-electron chi connectivity index (χ2n) is 8.18. The Bertz CT molecular complexity index is 796. The van der Waals surface area contributed by atoms with Gasteiger partial charge in [-0.15, -0.1) is 0 Å². The van der Waals surface area contributed by atoms with Crippen LogP contribution in [0.1, 0.15) is 63.9 Å². The molecule has 0 aliphatic heterocycles. The van der Waals surface area contributed by atoms with Crippen molar-refractivity contribution in [3.8, 4) is 11.5 Å². The van der Waals surface area contributed by atoms with E-state index in [1.54, 1.807) is 18.2 Å². The van der Waals surface area contributed by atoms with Gasteiger partial charge in [-0.3, -0.25) is 4.79 Å². The molecule has 0 atom stereocenters. The third kappa shape index (κ3) is 10.9. The van der Waals surface area contributed by atoms with Gasteiger partial charge in [-0.25, -0.2) is 4.57 Å². The standard InChI is InChI=1S/C26H37ClN2O3/c1-3-4-5-6-7-8-9-10-19-31-25-12-11-23(20-24(25)27)32-21-26(30)28-16-13-22-14-17-29(2)18-15-22/h11-12,14-15,17-18,20H,3-10,13,16,19,21H2,1-2H3/p+1. The van der Waals surface area contributed by atoms with E-state index in [0.29, 0.717) is 29.7 Å². The van der Waals surface area contributed by atoms with Crippen molar-refractivity contribution in [3.63, 3.8) is 0 Å². The molecule has 1 aromatic heterocycles. The zero-order chi connectivity index (χ0) is 23.0. The Hall–Kier alpha value is -2.27. The topological polar surface area (TPSA) is 51.4 Å². The predicted molar refractivity (Wildman–Crippen MR) is 129 cm³/mol. The van der Waals surface area contributed by atoms with Crippen LogP contribution in [0.2, 0.25) is 5.02 Å². The van der Waals surface area contributed by atoms with Gasteiger partial charge in [0, 0.05) is 24.7 Å². The minimum Gasteiger partial charge on any atom is -0.492 e. The molecule has 0 aliphatic rings. The molecule has 1 N–H and O–H groups in total. The second kappa shape index (κ2) is 15.5. The van der Waals surface area contributed by atoms with E-state index in [2.05, 4.69) is 12.2 Å². The maximum absolute atomic E-state index is 12.0. The zero-order valence-electron chi connectivity index (χ0n) is 19.6. The summed E-state index contributed by atoms with van der Waals surface area (Å²) in [6.07, 6.45) is 14.9. The highest BCUT2D eigenvalue weighted by atomic mass is 35.5. The normalized spacial score (nSPS) is 10.7. The second-order valence-corrected chi connectivity index (χ2v) is 8.58. The van der Waals surface area contributed by atoms with Crippen LogP contribution < -0.4 is 19.4 Å². The van der Waals surface area contributed by atoms with Crippen molar-refractivity contribution >= 4 is 17.5 Å². The molecule has 0 aliphatic carbocycles. The van der Waals surface area contributed by atoms with Gasteiger partial charge in [0.25, 0.3) is 5.91 Å². The summed E-state index contributed by atoms with van der Waals surface area (Å²) >= 11 is 6.31. The number of nitrogens with one attached hydrogen (secondary N) is 1. The van der Waals surface area contributed by atoms with Gasteiger partial charge in [0.2, 0.25) is 0 Å². The van der Waals surface area contributed by atoms with Crippen molar-refractivity contribution in [2.45, 2.75) is 64.7 Å². The van der Waals surface area contributed by atoms with Crippen LogP contribution in [0.25, 0.3) is 0 Å². The van der Waals surface area contributed by atoms with Crippen LogP contribution in [0.15, 0.2) is 42.7 Å². The molecule has 0 saturated heterocycles. The van der Waals surface area contributed by atoms with E-state index < -0.39 is 0 Å². The summed E-state index contributed by atoms with van der Waals surface area (Å²) in [5, 5.41) is 3.37. The highest BCUT2D eigenvalue weighted by Crippen LogP contribution is 2.29. The summed E-state index contributed by atoms with van der Waals surface area (Å²) in [5.74, 6) is 1.06. The summed E-state index contributed by atoms with van der Waals surface area (Å²) in [6.45, 7) is 3.43. The molecule has 1 amide bonds. The van der Waals surface area contributed by atoms with Crippen LogP contribution in [0.4, 0.5) is 0 Å². The van der Waals surface area contributed by atoms with Crippen molar-refractivity contribution < 1.29 is 18.8 Å². The fourth-order valence-corrected chi connectivity index (χ4v) is 3.58. The molecule has 1 heterocycles. The first-order valence-electron chi connectivity index (χ1n) is 11.8. The first-order chi connectivity index (χ1) is 15.6. The number of aromatic nitrogens is 1. The van der Waals surface area contributed by atoms with Crippen LogP contribution in [0.3, 0.4) is 0 Å². The fraction of sp³-hybridized carbons (Fsp3) is 0.538. The Morgan fingerprint density at radius 3 is 2.34 bits per heavy atom. The number of hydrogen-bond donors (Lipinski definition) is 1. The number of pyridine rings is 1. The molecule has 32 heavy (non-hydrogen) atoms. The number of rotatable bonds is 16. The maximum atomic E-state index is 12.0. The molecule has 0 fully saturated rings. The molecule has 0 spiro atoms. The Morgan fingerprint density at radius 1 is 0.969 bits per heavy atom. The van der Waals surface area contributed by atoms with Crippen LogP contribution in [-0.4, -0.2) is 25.7 Å². The van der Waals surface area contributed by atoms with Gasteiger partial charge >= 0.3 is 0 Å². The Balaban J connectivity index is 1.58. The third-order valence-corrected chi connectivity index (χ3v) is 5.61. The van der Waals surface area contributed by atoms with Crippen LogP contribution in [-0.2, 0) is 18.3 Å². The lowest BCUT2D eigenvalue weighted by Crippen LogP contribution is -2.31. The number of halogens is 1. The summed E-state index contributed by atoms with van der Waals surface area (Å²) in [7, 11) is 1.98. The van der Waals surface area contributed by atoms with E-state index in [0.717, 1.165) is 12.8 Å². The van der Waals surface area contributed by atoms with Crippen LogP contribution in [0.5, 0.6) is 11.5 Å². The van der Waals surface area contributed by atoms with Gasteiger partial charge in [-0.1, -0.05) is 63.5 Å². The summed E-state index contributed by atoms with van der Waals surface area (Å²) < 4.78 is 13.3. The molecule has 0 saturated carbocycles. The average molecular weight is 462 g/mol. The van der Waals surface area contributed by atoms with E-state index in [-0.39, 0.29) is 12.5 Å². The maximum Gasteiger partial charge on any atom is 0.257 e. The SMILES string of the molecule is CCCCCCCCCCOc1ccc(OCC(=O)NCCc2cc[n+](C)cc2)cc1Cl. The lowest BCUT2D eigenvalue weighted by molar-refractivity contribution is -0.671. The minimum atomic E-state index is -0.155. The number of benzene rings is 1. The molecule has 2 aromatic rings. The summed E-state index contributed by atoms with van der Waals surface area (Å²) in [4.78, 5) is 12.0. The number of hydrogen-bond acceptors (Lipinski definition) is 3. The minimum absolute atomic E-state index is 0.0431. The summed E-state index contributed by atoms with van der Waals surface area (Å²) in [6, 6.07) is 9.37. The molecule has 176 valence electrons. The van der Waals surface area contributed by atoms with Crippen molar-refractivity contribution in [2.24, 2.45) is 7.05 Å². The van der Waals surface area contributed by atoms with E-state index in [1.807, 2.05) is 36.1 Å². The van der Waals surface area contributed by atoms with Crippen molar-refractivity contribution in [3.05, 3.63) is 53.3 Å². The number of carbonyl (C=O) groups excluding carboxylic acids is 1. The van der Waals surface area contributed by atoms with Gasteiger partial charge in [-0.2, -0.15) is 0 Å². The van der Waals surface area contributed by atoms with Crippen LogP contribution in [0, 0.1) is 0 Å². The molecule has 0 unspecified atom stereocenters. The van der Waals surface area contributed by atoms with Gasteiger partial charge in [0.15, 0.2) is 19.0 Å². The quantitative estimate of drug-likeness (QED) is 0.268. The predicted octanol–water partition coefficient (Wildman–Crippen LogP) is 5.42. The van der Waals surface area contributed by atoms with Crippen molar-refractivity contribution in [1.29, 1.82) is 0 Å². The number of carbonyl (C=O) groups is 1. The lowest BCUT2D eigenvalue weighted by Gasteiger charge is -2.11. The van der Waals surface area contributed by atoms with Gasteiger partial charge in [-0.05, 0) is 30.5 Å². The van der Waals surface area contributed by atoms with E-state index in [1.165, 1.54) is 50.5 Å². The number of aryl methyl sites for hydroxylation is 1. The van der Waals surface area contributed by atoms with Crippen molar-refractivity contribution in [1.82, 2.24) is 5.32 Å². The molecule has 0 radical (unpaired) electrons. The van der Waals surface area contributed by atoms with E-state index in [4.69, 9.17) is 21.1 Å². The Labute approximate surface area is 198 Å². The molecule has 5 nitrogen and oxygen atoms in total. The number of amides is 1. The molecule has 2 rings (SSSR count). The Morgan fingerprint density at radius 2 is 1.66 bits per heavy atom. The highest BCUT2D eigenvalue weighted by Gasteiger charge is 2.07. The third-order valence-electron chi connectivity index (χ3n) is 5.31. The number of nitrogens with zero attached hydrogens (tertiary/aromatic N) is 1. The van der Waals surface area contributed by atoms with Crippen LogP contribution >= 0.6 is 11.6 Å². The molecule has 0 bridgehead atoms. The average Bonchev–Trinajstić information content (AvgIpc) is 2.79. The van der Waals surface area contributed by atoms with E-state index in [9.17, 15) is 4.79 Å². The summed E-state index contributed by atoms with van der Waals surface area (Å²) in [5.41, 5.74) is 1.18. The molecular formula is C26H38ClN2O3+. The molecular weight excluding hydrogens is 424 g/mol. The van der Waals surface area contributed by atoms with E-state index >= 15 is 0 Å². The zero-order valence-corrected chi connectivity index (χ0v) is 20.3. The van der Waals surface area contributed by atoms with Gasteiger partial charge < -0.3 is 14.8 Å². The first kappa shape index (κ1) is 26.0. The Kier molecular flexibility index (Phi) is 12.6. The lowest BCUT2D eigenvalue weighted by atomic mass is 10.1. The smallest absolute Gasteiger partial charge is 0.257 e. The van der Waals surface area contributed by atoms with Crippen molar-refractivity contribution in [2.75, 3.05) is 19.8 Å².